The Morgan fingerprint density at radius 1 is 0.524 bits per heavy atom. The normalized spacial score (nSPS) is 21.5. The largest absolute Gasteiger partial charge is 0.310 e. The van der Waals surface area contributed by atoms with Crippen molar-refractivity contribution in [2.24, 2.45) is 11.8 Å². The van der Waals surface area contributed by atoms with Gasteiger partial charge in [-0.15, -0.1) is 0 Å². The van der Waals surface area contributed by atoms with Gasteiger partial charge in [0.25, 0.3) is 0 Å². The molecule has 6 aromatic rings. The van der Waals surface area contributed by atoms with Crippen LogP contribution in [0, 0.1) is 11.8 Å². The van der Waals surface area contributed by atoms with E-state index in [2.05, 4.69) is 144 Å². The molecule has 6 aromatic carbocycles. The third kappa shape index (κ3) is 3.37. The minimum atomic E-state index is 0.192. The maximum absolute atomic E-state index is 2.57. The van der Waals surface area contributed by atoms with E-state index in [0.29, 0.717) is 0 Å². The molecule has 0 aliphatic heterocycles. The van der Waals surface area contributed by atoms with Crippen LogP contribution < -0.4 is 4.90 Å². The fraction of sp³-hybridized carbons (Fsp3) is 0.171. The van der Waals surface area contributed by atoms with Crippen LogP contribution in [0.25, 0.3) is 33.0 Å². The lowest BCUT2D eigenvalue weighted by Crippen LogP contribution is -2.31. The third-order valence-electron chi connectivity index (χ3n) is 10.5. The number of fused-ring (bicyclic) bond motifs is 9. The van der Waals surface area contributed by atoms with Crippen molar-refractivity contribution >= 4 is 27.8 Å². The molecule has 1 spiro atoms. The highest BCUT2D eigenvalue weighted by Crippen LogP contribution is 2.65. The Morgan fingerprint density at radius 3 is 1.88 bits per heavy atom. The van der Waals surface area contributed by atoms with Crippen molar-refractivity contribution in [3.8, 4) is 22.3 Å². The first-order valence-electron chi connectivity index (χ1n) is 15.5. The molecule has 9 rings (SSSR count). The smallest absolute Gasteiger partial charge is 0.0540 e. The van der Waals surface area contributed by atoms with Crippen molar-refractivity contribution < 1.29 is 0 Å². The van der Waals surface area contributed by atoms with Crippen LogP contribution in [-0.2, 0) is 5.41 Å². The molecule has 0 amide bonds. The highest BCUT2D eigenvalue weighted by atomic mass is 15.1. The van der Waals surface area contributed by atoms with Crippen molar-refractivity contribution in [3.05, 3.63) is 151 Å². The zero-order valence-corrected chi connectivity index (χ0v) is 23.7. The van der Waals surface area contributed by atoms with Crippen molar-refractivity contribution in [2.45, 2.75) is 31.1 Å². The van der Waals surface area contributed by atoms with E-state index in [0.717, 1.165) is 23.2 Å². The molecular weight excluding hydrogens is 506 g/mol. The molecule has 2 saturated carbocycles. The number of nitrogens with zero attached hydrogens (tertiary/aromatic N) is 1. The van der Waals surface area contributed by atoms with Gasteiger partial charge in [-0.05, 0) is 106 Å². The summed E-state index contributed by atoms with van der Waals surface area (Å²) in [5.74, 6) is 1.64. The van der Waals surface area contributed by atoms with Gasteiger partial charge in [-0.2, -0.15) is 0 Å². The lowest BCUT2D eigenvalue weighted by Gasteiger charge is -2.36. The molecule has 2 fully saturated rings. The van der Waals surface area contributed by atoms with E-state index in [1.807, 2.05) is 0 Å². The van der Waals surface area contributed by atoms with E-state index in [4.69, 9.17) is 0 Å². The average Bonchev–Trinajstić information content (AvgIpc) is 3.75. The summed E-state index contributed by atoms with van der Waals surface area (Å²) in [7, 11) is 0. The Hall–Kier alpha value is -4.62. The van der Waals surface area contributed by atoms with Gasteiger partial charge in [-0.25, -0.2) is 0 Å². The van der Waals surface area contributed by atoms with E-state index in [9.17, 15) is 0 Å². The zero-order chi connectivity index (χ0) is 27.7. The van der Waals surface area contributed by atoms with Crippen molar-refractivity contribution in [3.63, 3.8) is 0 Å². The van der Waals surface area contributed by atoms with Gasteiger partial charge in [0.1, 0.15) is 0 Å². The summed E-state index contributed by atoms with van der Waals surface area (Å²) in [6.07, 6.45) is 5.49. The predicted molar refractivity (Wildman–Crippen MR) is 176 cm³/mol. The van der Waals surface area contributed by atoms with Crippen LogP contribution in [0.2, 0.25) is 0 Å². The van der Waals surface area contributed by atoms with Gasteiger partial charge in [0.05, 0.1) is 5.69 Å². The molecule has 1 heteroatoms. The average molecular weight is 540 g/mol. The molecule has 0 heterocycles. The van der Waals surface area contributed by atoms with Crippen LogP contribution in [-0.4, -0.2) is 0 Å². The first-order chi connectivity index (χ1) is 20.8. The van der Waals surface area contributed by atoms with E-state index in [1.165, 1.54) is 64.4 Å². The van der Waals surface area contributed by atoms with E-state index in [-0.39, 0.29) is 5.41 Å². The lowest BCUT2D eigenvalue weighted by atomic mass is 9.66. The first-order valence-corrected chi connectivity index (χ1v) is 15.5. The summed E-state index contributed by atoms with van der Waals surface area (Å²) in [6, 6.07) is 51.7. The van der Waals surface area contributed by atoms with Crippen LogP contribution in [0.4, 0.5) is 17.1 Å². The fourth-order valence-corrected chi connectivity index (χ4v) is 8.87. The lowest BCUT2D eigenvalue weighted by molar-refractivity contribution is 0.327. The van der Waals surface area contributed by atoms with Gasteiger partial charge in [-0.1, -0.05) is 110 Å². The quantitative estimate of drug-likeness (QED) is 0.215. The van der Waals surface area contributed by atoms with Gasteiger partial charge < -0.3 is 4.90 Å². The monoisotopic (exact) mass is 539 g/mol. The molecule has 202 valence electrons. The summed E-state index contributed by atoms with van der Waals surface area (Å²) in [5, 5.41) is 2.56. The van der Waals surface area contributed by atoms with Crippen LogP contribution in [0.3, 0.4) is 0 Å². The second-order valence-corrected chi connectivity index (χ2v) is 12.5. The SMILES string of the molecule is c1ccc(N(c2ccccc2)c2ccc(-c3ccc4c(c3)C3(CC5CCC3C5)c3ccccc3-4)c3ccccc23)cc1. The molecule has 3 unspecified atom stereocenters. The van der Waals surface area contributed by atoms with Gasteiger partial charge in [0, 0.05) is 22.2 Å². The number of anilines is 3. The number of hydrogen-bond donors (Lipinski definition) is 0. The Labute approximate surface area is 248 Å². The molecule has 0 aromatic heterocycles. The summed E-state index contributed by atoms with van der Waals surface area (Å²) < 4.78 is 0. The molecular formula is C41H33N. The van der Waals surface area contributed by atoms with Crippen LogP contribution in [0.15, 0.2) is 140 Å². The molecule has 0 N–H and O–H groups in total. The molecule has 0 saturated heterocycles. The molecule has 3 aliphatic carbocycles. The van der Waals surface area contributed by atoms with Crippen LogP contribution in [0.1, 0.15) is 36.8 Å². The van der Waals surface area contributed by atoms with Gasteiger partial charge in [0.2, 0.25) is 0 Å². The molecule has 3 aliphatic rings. The number of hydrogen-bond acceptors (Lipinski definition) is 1. The Balaban J connectivity index is 1.23. The Kier molecular flexibility index (Phi) is 5.26. The minimum Gasteiger partial charge on any atom is -0.310 e. The van der Waals surface area contributed by atoms with Gasteiger partial charge >= 0.3 is 0 Å². The van der Waals surface area contributed by atoms with Crippen molar-refractivity contribution in [1.82, 2.24) is 0 Å². The molecule has 1 nitrogen and oxygen atoms in total. The Bertz CT molecular complexity index is 1920. The number of rotatable bonds is 4. The highest BCUT2D eigenvalue weighted by Gasteiger charge is 2.56. The second kappa shape index (κ2) is 9.19. The van der Waals surface area contributed by atoms with E-state index < -0.39 is 0 Å². The minimum absolute atomic E-state index is 0.192. The van der Waals surface area contributed by atoms with Gasteiger partial charge in [-0.3, -0.25) is 0 Å². The standard InChI is InChI=1S/C41H33N/c1-3-11-31(12-4-1)42(32-13-5-2-6-14-32)40-24-23-33(34-15-7-8-17-37(34)40)29-20-22-36-35-16-9-10-18-38(35)41(39(36)26-29)27-28-19-21-30(41)25-28/h1-18,20,22-24,26,28,30H,19,21,25,27H2. The summed E-state index contributed by atoms with van der Waals surface area (Å²) in [6.45, 7) is 0. The summed E-state index contributed by atoms with van der Waals surface area (Å²) in [5.41, 5.74) is 12.5. The highest BCUT2D eigenvalue weighted by molar-refractivity contribution is 6.06. The maximum atomic E-state index is 2.57. The van der Waals surface area contributed by atoms with E-state index >= 15 is 0 Å². The molecule has 42 heavy (non-hydrogen) atoms. The second-order valence-electron chi connectivity index (χ2n) is 12.5. The maximum Gasteiger partial charge on any atom is 0.0540 e. The van der Waals surface area contributed by atoms with Crippen molar-refractivity contribution in [2.75, 3.05) is 4.90 Å². The topological polar surface area (TPSA) is 3.24 Å². The van der Waals surface area contributed by atoms with Crippen LogP contribution >= 0.6 is 0 Å². The molecule has 3 atom stereocenters. The molecule has 0 radical (unpaired) electrons. The number of para-hydroxylation sites is 2. The number of benzene rings is 6. The zero-order valence-electron chi connectivity index (χ0n) is 23.7. The van der Waals surface area contributed by atoms with Crippen molar-refractivity contribution in [1.29, 1.82) is 0 Å². The summed E-state index contributed by atoms with van der Waals surface area (Å²) >= 11 is 0. The third-order valence-corrected chi connectivity index (χ3v) is 10.5. The predicted octanol–water partition coefficient (Wildman–Crippen LogP) is 11.1. The molecule has 2 bridgehead atoms. The fourth-order valence-electron chi connectivity index (χ4n) is 8.87. The Morgan fingerprint density at radius 2 is 1.17 bits per heavy atom. The van der Waals surface area contributed by atoms with Gasteiger partial charge in [0.15, 0.2) is 0 Å². The first kappa shape index (κ1) is 24.0. The summed E-state index contributed by atoms with van der Waals surface area (Å²) in [4.78, 5) is 2.38. The van der Waals surface area contributed by atoms with Crippen LogP contribution in [0.5, 0.6) is 0 Å². The van der Waals surface area contributed by atoms with E-state index in [1.54, 1.807) is 11.1 Å².